The quantitative estimate of drug-likeness (QED) is 0.590. The first-order valence-corrected chi connectivity index (χ1v) is 4.91. The molecule has 0 unspecified atom stereocenters. The molecule has 1 heterocycles. The molecular weight excluding hydrogens is 220 g/mol. The van der Waals surface area contributed by atoms with Gasteiger partial charge in [0.1, 0.15) is 0 Å². The average molecular weight is 228 g/mol. The van der Waals surface area contributed by atoms with Gasteiger partial charge < -0.3 is 0 Å². The van der Waals surface area contributed by atoms with Gasteiger partial charge in [-0.25, -0.2) is 0 Å². The molecule has 0 radical (unpaired) electrons. The SMILES string of the molecule is Cc1cc(/C=C/c2c(N=O)c(=O)c2=O)ccn1. The molecule has 5 heteroatoms. The zero-order valence-corrected chi connectivity index (χ0v) is 9.01. The predicted octanol–water partition coefficient (Wildman–Crippen LogP) is 1.55. The van der Waals surface area contributed by atoms with Gasteiger partial charge in [-0.2, -0.15) is 0 Å². The summed E-state index contributed by atoms with van der Waals surface area (Å²) in [4.78, 5) is 36.4. The number of pyridine rings is 1. The Balaban J connectivity index is 2.33. The molecule has 1 aromatic carbocycles. The molecule has 0 atom stereocenters. The molecule has 2 rings (SSSR count). The monoisotopic (exact) mass is 228 g/mol. The molecule has 0 amide bonds. The smallest absolute Gasteiger partial charge is 0.256 e. The van der Waals surface area contributed by atoms with E-state index in [0.717, 1.165) is 11.3 Å². The van der Waals surface area contributed by atoms with Gasteiger partial charge in [0.25, 0.3) is 5.43 Å². The van der Waals surface area contributed by atoms with Crippen molar-refractivity contribution in [3.05, 3.63) is 60.5 Å². The van der Waals surface area contributed by atoms with Crippen LogP contribution in [0.15, 0.2) is 33.1 Å². The summed E-state index contributed by atoms with van der Waals surface area (Å²) in [5, 5.41) is 2.53. The van der Waals surface area contributed by atoms with Gasteiger partial charge in [-0.15, -0.1) is 4.91 Å². The summed E-state index contributed by atoms with van der Waals surface area (Å²) in [6.45, 7) is 1.84. The lowest BCUT2D eigenvalue weighted by molar-refractivity contribution is 1.20. The standard InChI is InChI=1S/C12H8N2O3/c1-7-6-8(4-5-13-7)2-3-9-10(14-17)12(16)11(9)15/h2-6H,1H3/b3-2+. The van der Waals surface area contributed by atoms with Crippen molar-refractivity contribution in [2.45, 2.75) is 6.92 Å². The normalized spacial score (nSPS) is 11.1. The Hall–Kier alpha value is -2.43. The van der Waals surface area contributed by atoms with Crippen molar-refractivity contribution >= 4 is 17.8 Å². The Labute approximate surface area is 96.1 Å². The van der Waals surface area contributed by atoms with E-state index in [0.29, 0.717) is 0 Å². The van der Waals surface area contributed by atoms with Crippen LogP contribution in [0.5, 0.6) is 0 Å². The van der Waals surface area contributed by atoms with Crippen LogP contribution in [0.4, 0.5) is 5.69 Å². The maximum absolute atomic E-state index is 11.1. The summed E-state index contributed by atoms with van der Waals surface area (Å²) >= 11 is 0. The molecule has 0 aliphatic heterocycles. The molecule has 0 fully saturated rings. The minimum atomic E-state index is -0.814. The van der Waals surface area contributed by atoms with Gasteiger partial charge in [0.15, 0.2) is 5.69 Å². The van der Waals surface area contributed by atoms with E-state index in [1.807, 2.05) is 13.0 Å². The molecule has 0 saturated carbocycles. The van der Waals surface area contributed by atoms with E-state index in [1.165, 1.54) is 6.08 Å². The fourth-order valence-corrected chi connectivity index (χ4v) is 1.49. The van der Waals surface area contributed by atoms with Crippen LogP contribution in [0.25, 0.3) is 12.2 Å². The summed E-state index contributed by atoms with van der Waals surface area (Å²) in [5.41, 5.74) is -0.0306. The topological polar surface area (TPSA) is 76.5 Å². The van der Waals surface area contributed by atoms with E-state index in [1.54, 1.807) is 18.3 Å². The van der Waals surface area contributed by atoms with Gasteiger partial charge in [0.2, 0.25) is 5.43 Å². The lowest BCUT2D eigenvalue weighted by atomic mass is 10.1. The van der Waals surface area contributed by atoms with Crippen molar-refractivity contribution < 1.29 is 0 Å². The first kappa shape index (κ1) is 11.1. The molecule has 5 nitrogen and oxygen atoms in total. The summed E-state index contributed by atoms with van der Waals surface area (Å²) in [6, 6.07) is 3.57. The highest BCUT2D eigenvalue weighted by Gasteiger charge is 2.18. The number of nitroso groups, excluding NO2 is 1. The first-order valence-electron chi connectivity index (χ1n) is 4.91. The highest BCUT2D eigenvalue weighted by Crippen LogP contribution is 2.15. The van der Waals surface area contributed by atoms with Crippen LogP contribution in [0, 0.1) is 11.8 Å². The second-order valence-electron chi connectivity index (χ2n) is 3.58. The molecule has 0 N–H and O–H groups in total. The second kappa shape index (κ2) is 4.21. The minimum Gasteiger partial charge on any atom is -0.285 e. The molecule has 1 aromatic heterocycles. The Kier molecular flexibility index (Phi) is 2.74. The third kappa shape index (κ3) is 1.94. The summed E-state index contributed by atoms with van der Waals surface area (Å²) in [7, 11) is 0. The number of nitrogens with zero attached hydrogens (tertiary/aromatic N) is 2. The summed E-state index contributed by atoms with van der Waals surface area (Å²) < 4.78 is 0. The number of aromatic nitrogens is 1. The number of hydrogen-bond donors (Lipinski definition) is 0. The minimum absolute atomic E-state index is 0.0689. The van der Waals surface area contributed by atoms with Gasteiger partial charge in [0.05, 0.1) is 5.56 Å². The highest BCUT2D eigenvalue weighted by molar-refractivity contribution is 5.77. The zero-order chi connectivity index (χ0) is 12.4. The molecule has 0 saturated heterocycles. The molecular formula is C12H8N2O3. The predicted molar refractivity (Wildman–Crippen MR) is 64.7 cm³/mol. The molecule has 0 bridgehead atoms. The largest absolute Gasteiger partial charge is 0.285 e. The first-order chi connectivity index (χ1) is 8.13. The number of aryl methyl sites for hydroxylation is 1. The van der Waals surface area contributed by atoms with Crippen LogP contribution in [0.3, 0.4) is 0 Å². The lowest BCUT2D eigenvalue weighted by Gasteiger charge is -1.98. The van der Waals surface area contributed by atoms with Crippen molar-refractivity contribution in [2.24, 2.45) is 5.18 Å². The zero-order valence-electron chi connectivity index (χ0n) is 9.01. The maximum atomic E-state index is 11.1. The Morgan fingerprint density at radius 2 is 2.00 bits per heavy atom. The van der Waals surface area contributed by atoms with E-state index >= 15 is 0 Å². The van der Waals surface area contributed by atoms with E-state index in [2.05, 4.69) is 10.2 Å². The Morgan fingerprint density at radius 1 is 1.24 bits per heavy atom. The van der Waals surface area contributed by atoms with E-state index in [-0.39, 0.29) is 11.3 Å². The van der Waals surface area contributed by atoms with Crippen molar-refractivity contribution in [2.75, 3.05) is 0 Å². The molecule has 17 heavy (non-hydrogen) atoms. The van der Waals surface area contributed by atoms with E-state index in [9.17, 15) is 14.5 Å². The van der Waals surface area contributed by atoms with Gasteiger partial charge in [-0.05, 0) is 35.9 Å². The average Bonchev–Trinajstić information content (AvgIpc) is 2.33. The van der Waals surface area contributed by atoms with Crippen molar-refractivity contribution in [1.29, 1.82) is 0 Å². The van der Waals surface area contributed by atoms with Crippen LogP contribution in [-0.4, -0.2) is 4.98 Å². The molecule has 84 valence electrons. The van der Waals surface area contributed by atoms with E-state index < -0.39 is 10.9 Å². The number of hydrogen-bond acceptors (Lipinski definition) is 5. The maximum Gasteiger partial charge on any atom is 0.256 e. The van der Waals surface area contributed by atoms with Gasteiger partial charge in [0, 0.05) is 11.9 Å². The summed E-state index contributed by atoms with van der Waals surface area (Å²) in [6.07, 6.45) is 4.70. The fourth-order valence-electron chi connectivity index (χ4n) is 1.49. The van der Waals surface area contributed by atoms with Gasteiger partial charge >= 0.3 is 0 Å². The Bertz CT molecular complexity index is 679. The summed E-state index contributed by atoms with van der Waals surface area (Å²) in [5.74, 6) is 0. The van der Waals surface area contributed by atoms with Crippen LogP contribution >= 0.6 is 0 Å². The molecule has 0 aliphatic rings. The molecule has 0 aliphatic carbocycles. The fraction of sp³-hybridized carbons (Fsp3) is 0.0833. The van der Waals surface area contributed by atoms with Crippen LogP contribution < -0.4 is 10.9 Å². The lowest BCUT2D eigenvalue weighted by Crippen LogP contribution is -2.32. The third-order valence-corrected chi connectivity index (χ3v) is 2.38. The van der Waals surface area contributed by atoms with Crippen molar-refractivity contribution in [3.63, 3.8) is 0 Å². The number of rotatable bonds is 3. The highest BCUT2D eigenvalue weighted by atomic mass is 16.3. The second-order valence-corrected chi connectivity index (χ2v) is 3.58. The van der Waals surface area contributed by atoms with Crippen molar-refractivity contribution in [1.82, 2.24) is 4.98 Å². The molecule has 2 aromatic rings. The van der Waals surface area contributed by atoms with Gasteiger partial charge in [-0.1, -0.05) is 6.08 Å². The Morgan fingerprint density at radius 3 is 2.65 bits per heavy atom. The van der Waals surface area contributed by atoms with E-state index in [4.69, 9.17) is 0 Å². The van der Waals surface area contributed by atoms with Gasteiger partial charge in [-0.3, -0.25) is 14.6 Å². The third-order valence-electron chi connectivity index (χ3n) is 2.38. The van der Waals surface area contributed by atoms with Crippen LogP contribution in [-0.2, 0) is 0 Å². The molecule has 0 spiro atoms. The van der Waals surface area contributed by atoms with Crippen LogP contribution in [0.2, 0.25) is 0 Å². The van der Waals surface area contributed by atoms with Crippen molar-refractivity contribution in [3.8, 4) is 0 Å². The van der Waals surface area contributed by atoms with Crippen LogP contribution in [0.1, 0.15) is 16.8 Å².